The zero-order valence-electron chi connectivity index (χ0n) is 10.7. The molecule has 0 bridgehead atoms. The molecule has 1 aromatic rings. The summed E-state index contributed by atoms with van der Waals surface area (Å²) in [5.41, 5.74) is 3.39. The Balaban J connectivity index is 1.72. The first-order valence-corrected chi connectivity index (χ1v) is 6.58. The van der Waals surface area contributed by atoms with Gasteiger partial charge >= 0.3 is 0 Å². The molecular weight excluding hydrogens is 226 g/mol. The first-order chi connectivity index (χ1) is 8.70. The summed E-state index contributed by atoms with van der Waals surface area (Å²) in [5.74, 6) is 0.126. The van der Waals surface area contributed by atoms with Crippen LogP contribution in [0.5, 0.6) is 0 Å². The van der Waals surface area contributed by atoms with Gasteiger partial charge in [-0.15, -0.1) is 0 Å². The minimum atomic E-state index is 0.126. The van der Waals surface area contributed by atoms with Gasteiger partial charge in [0.15, 0.2) is 0 Å². The number of benzene rings is 1. The van der Waals surface area contributed by atoms with Gasteiger partial charge in [-0.05, 0) is 50.2 Å². The molecule has 1 amide bonds. The number of hydrogen-bond donors (Lipinski definition) is 2. The minimum absolute atomic E-state index is 0.126. The maximum absolute atomic E-state index is 11.3. The molecule has 0 aliphatic carbocycles. The van der Waals surface area contributed by atoms with Gasteiger partial charge in [-0.1, -0.05) is 0 Å². The van der Waals surface area contributed by atoms with E-state index in [4.69, 9.17) is 0 Å². The molecule has 0 spiro atoms. The maximum atomic E-state index is 11.3. The Bertz CT molecular complexity index is 472. The number of amides is 1. The van der Waals surface area contributed by atoms with Gasteiger partial charge in [0.1, 0.15) is 0 Å². The van der Waals surface area contributed by atoms with E-state index < -0.39 is 0 Å². The molecule has 18 heavy (non-hydrogen) atoms. The third-order valence-corrected chi connectivity index (χ3v) is 3.76. The van der Waals surface area contributed by atoms with Crippen LogP contribution < -0.4 is 10.6 Å². The predicted octanol–water partition coefficient (Wildman–Crippen LogP) is 1.69. The average Bonchev–Trinajstić information content (AvgIpc) is 2.75. The first kappa shape index (κ1) is 11.5. The van der Waals surface area contributed by atoms with Crippen molar-refractivity contribution in [2.24, 2.45) is 0 Å². The number of nitrogens with one attached hydrogen (secondary N) is 2. The van der Waals surface area contributed by atoms with Crippen molar-refractivity contribution in [1.82, 2.24) is 4.90 Å². The Morgan fingerprint density at radius 3 is 3.06 bits per heavy atom. The summed E-state index contributed by atoms with van der Waals surface area (Å²) in [5, 5.41) is 6.49. The van der Waals surface area contributed by atoms with Crippen molar-refractivity contribution in [2.75, 3.05) is 30.8 Å². The van der Waals surface area contributed by atoms with Crippen LogP contribution in [0.25, 0.3) is 0 Å². The fourth-order valence-corrected chi connectivity index (χ4v) is 2.76. The van der Waals surface area contributed by atoms with Crippen molar-refractivity contribution in [3.8, 4) is 0 Å². The van der Waals surface area contributed by atoms with Gasteiger partial charge in [0.2, 0.25) is 5.91 Å². The number of fused-ring (bicyclic) bond motifs is 1. The Morgan fingerprint density at radius 1 is 1.39 bits per heavy atom. The number of likely N-dealkylation sites (N-methyl/N-ethyl adjacent to an activating group) is 1. The van der Waals surface area contributed by atoms with Crippen LogP contribution in [-0.4, -0.2) is 37.0 Å². The summed E-state index contributed by atoms with van der Waals surface area (Å²) >= 11 is 0. The van der Waals surface area contributed by atoms with E-state index in [1.807, 2.05) is 6.07 Å². The van der Waals surface area contributed by atoms with Crippen LogP contribution in [-0.2, 0) is 11.2 Å². The molecule has 1 saturated heterocycles. The highest BCUT2D eigenvalue weighted by atomic mass is 16.1. The second-order valence-electron chi connectivity index (χ2n) is 5.31. The number of likely N-dealkylation sites (tertiary alicyclic amines) is 1. The van der Waals surface area contributed by atoms with Crippen LogP contribution in [0.1, 0.15) is 18.4 Å². The summed E-state index contributed by atoms with van der Waals surface area (Å²) in [6, 6.07) is 6.79. The van der Waals surface area contributed by atoms with E-state index in [2.05, 4.69) is 34.7 Å². The van der Waals surface area contributed by atoms with Gasteiger partial charge in [-0.3, -0.25) is 4.79 Å². The highest BCUT2D eigenvalue weighted by molar-refractivity contribution is 5.94. The Morgan fingerprint density at radius 2 is 2.28 bits per heavy atom. The van der Waals surface area contributed by atoms with E-state index in [9.17, 15) is 4.79 Å². The number of carbonyl (C=O) groups excluding carboxylic acids is 1. The maximum Gasteiger partial charge on any atom is 0.224 e. The molecule has 1 unspecified atom stereocenters. The minimum Gasteiger partial charge on any atom is -0.381 e. The van der Waals surface area contributed by atoms with Crippen molar-refractivity contribution in [3.05, 3.63) is 23.8 Å². The van der Waals surface area contributed by atoms with Gasteiger partial charge in [0.25, 0.3) is 0 Å². The van der Waals surface area contributed by atoms with Crippen LogP contribution in [0, 0.1) is 0 Å². The molecule has 0 aromatic heterocycles. The van der Waals surface area contributed by atoms with Crippen molar-refractivity contribution in [1.29, 1.82) is 0 Å². The van der Waals surface area contributed by atoms with E-state index in [0.717, 1.165) is 18.7 Å². The van der Waals surface area contributed by atoms with Crippen molar-refractivity contribution in [2.45, 2.75) is 25.3 Å². The molecule has 3 rings (SSSR count). The van der Waals surface area contributed by atoms with E-state index in [1.165, 1.54) is 24.2 Å². The molecule has 4 heteroatoms. The van der Waals surface area contributed by atoms with Crippen molar-refractivity contribution in [3.63, 3.8) is 0 Å². The molecule has 96 valence electrons. The quantitative estimate of drug-likeness (QED) is 0.833. The zero-order chi connectivity index (χ0) is 12.5. The predicted molar refractivity (Wildman–Crippen MR) is 72.9 cm³/mol. The molecule has 2 aliphatic rings. The van der Waals surface area contributed by atoms with E-state index >= 15 is 0 Å². The Kier molecular flexibility index (Phi) is 2.96. The molecule has 0 saturated carbocycles. The fraction of sp³-hybridized carbons (Fsp3) is 0.500. The van der Waals surface area contributed by atoms with E-state index in [-0.39, 0.29) is 5.91 Å². The molecule has 4 nitrogen and oxygen atoms in total. The molecule has 0 radical (unpaired) electrons. The number of aryl methyl sites for hydroxylation is 1. The van der Waals surface area contributed by atoms with Crippen LogP contribution in [0.15, 0.2) is 18.2 Å². The Labute approximate surface area is 107 Å². The van der Waals surface area contributed by atoms with Gasteiger partial charge in [-0.25, -0.2) is 0 Å². The van der Waals surface area contributed by atoms with Crippen LogP contribution in [0.3, 0.4) is 0 Å². The number of hydrogen-bond acceptors (Lipinski definition) is 3. The summed E-state index contributed by atoms with van der Waals surface area (Å²) in [6.45, 7) is 2.27. The second-order valence-corrected chi connectivity index (χ2v) is 5.31. The standard InChI is InChI=1S/C14H19N3O/c1-17-7-6-12(9-17)15-11-3-4-13-10(8-11)2-5-14(18)16-13/h3-4,8,12,15H,2,5-7,9H2,1H3,(H,16,18). The lowest BCUT2D eigenvalue weighted by Crippen LogP contribution is -2.24. The molecule has 1 atom stereocenters. The molecule has 2 aliphatic heterocycles. The molecule has 1 fully saturated rings. The number of rotatable bonds is 2. The van der Waals surface area contributed by atoms with Crippen LogP contribution >= 0.6 is 0 Å². The first-order valence-electron chi connectivity index (χ1n) is 6.58. The third kappa shape index (κ3) is 2.34. The van der Waals surface area contributed by atoms with Crippen LogP contribution in [0.4, 0.5) is 11.4 Å². The summed E-state index contributed by atoms with van der Waals surface area (Å²) in [6.07, 6.45) is 2.65. The highest BCUT2D eigenvalue weighted by Crippen LogP contribution is 2.26. The number of anilines is 2. The topological polar surface area (TPSA) is 44.4 Å². The lowest BCUT2D eigenvalue weighted by molar-refractivity contribution is -0.116. The number of carbonyl (C=O) groups is 1. The van der Waals surface area contributed by atoms with Crippen molar-refractivity contribution < 1.29 is 4.79 Å². The van der Waals surface area contributed by atoms with Gasteiger partial charge in [0.05, 0.1) is 0 Å². The second kappa shape index (κ2) is 4.61. The van der Waals surface area contributed by atoms with Gasteiger partial charge in [0, 0.05) is 30.4 Å². The smallest absolute Gasteiger partial charge is 0.224 e. The largest absolute Gasteiger partial charge is 0.381 e. The lowest BCUT2D eigenvalue weighted by Gasteiger charge is -2.20. The fourth-order valence-electron chi connectivity index (χ4n) is 2.76. The summed E-state index contributed by atoms with van der Waals surface area (Å²) < 4.78 is 0. The lowest BCUT2D eigenvalue weighted by atomic mass is 10.0. The van der Waals surface area contributed by atoms with Crippen molar-refractivity contribution >= 4 is 17.3 Å². The number of nitrogens with zero attached hydrogens (tertiary/aromatic N) is 1. The van der Waals surface area contributed by atoms with Crippen LogP contribution in [0.2, 0.25) is 0 Å². The SMILES string of the molecule is CN1CCC(Nc2ccc3c(c2)CCC(=O)N3)C1. The Hall–Kier alpha value is -1.55. The monoisotopic (exact) mass is 245 g/mol. The summed E-state index contributed by atoms with van der Waals surface area (Å²) in [7, 11) is 2.16. The third-order valence-electron chi connectivity index (χ3n) is 3.76. The normalized spacial score (nSPS) is 23.6. The molecule has 1 aromatic carbocycles. The van der Waals surface area contributed by atoms with Gasteiger partial charge < -0.3 is 15.5 Å². The molecule has 2 N–H and O–H groups in total. The zero-order valence-corrected chi connectivity index (χ0v) is 10.7. The van der Waals surface area contributed by atoms with E-state index in [0.29, 0.717) is 12.5 Å². The van der Waals surface area contributed by atoms with E-state index in [1.54, 1.807) is 0 Å². The average molecular weight is 245 g/mol. The summed E-state index contributed by atoms with van der Waals surface area (Å²) in [4.78, 5) is 13.6. The van der Waals surface area contributed by atoms with Gasteiger partial charge in [-0.2, -0.15) is 0 Å². The molecular formula is C14H19N3O. The highest BCUT2D eigenvalue weighted by Gasteiger charge is 2.20. The molecule has 2 heterocycles.